The number of rotatable bonds is 9. The van der Waals surface area contributed by atoms with E-state index >= 15 is 0 Å². The zero-order valence-corrected chi connectivity index (χ0v) is 19.9. The minimum absolute atomic E-state index is 0.0580. The molecule has 1 aromatic carbocycles. The van der Waals surface area contributed by atoms with E-state index in [1.807, 2.05) is 0 Å². The van der Waals surface area contributed by atoms with Crippen LogP contribution in [0.2, 0.25) is 0 Å². The molecule has 0 aliphatic rings. The predicted molar refractivity (Wildman–Crippen MR) is 126 cm³/mol. The number of imidazole rings is 1. The van der Waals surface area contributed by atoms with Crippen molar-refractivity contribution in [2.45, 2.75) is 32.1 Å². The van der Waals surface area contributed by atoms with Crippen LogP contribution in [0.3, 0.4) is 0 Å². The quantitative estimate of drug-likeness (QED) is 0.181. The minimum atomic E-state index is -5.08. The van der Waals surface area contributed by atoms with E-state index in [1.165, 1.54) is 27.9 Å². The number of halogens is 3. The Morgan fingerprint density at radius 2 is 1.82 bits per heavy atom. The van der Waals surface area contributed by atoms with Gasteiger partial charge in [0.15, 0.2) is 0 Å². The van der Waals surface area contributed by atoms with Gasteiger partial charge in [-0.1, -0.05) is 0 Å². The number of carboxylic acids is 1. The van der Waals surface area contributed by atoms with Crippen LogP contribution in [0.15, 0.2) is 64.5 Å². The van der Waals surface area contributed by atoms with Crippen molar-refractivity contribution < 1.29 is 41.8 Å². The number of carboxylic acid groups (broad SMARTS) is 1. The summed E-state index contributed by atoms with van der Waals surface area (Å²) in [5.41, 5.74) is 6.78. The summed E-state index contributed by atoms with van der Waals surface area (Å²) in [5.74, 6) is -3.72. The third-order valence-electron chi connectivity index (χ3n) is 4.82. The van der Waals surface area contributed by atoms with E-state index in [9.17, 15) is 27.6 Å². The van der Waals surface area contributed by atoms with E-state index in [4.69, 9.17) is 30.2 Å². The Morgan fingerprint density at radius 3 is 2.32 bits per heavy atom. The van der Waals surface area contributed by atoms with Gasteiger partial charge in [-0.2, -0.15) is 13.2 Å². The molecule has 2 heterocycles. The van der Waals surface area contributed by atoms with Gasteiger partial charge in [-0.15, -0.1) is 0 Å². The molecular weight excluding hydrogens is 515 g/mol. The van der Waals surface area contributed by atoms with Crippen LogP contribution in [-0.4, -0.2) is 50.7 Å². The summed E-state index contributed by atoms with van der Waals surface area (Å²) in [6.45, 7) is 1.71. The van der Waals surface area contributed by atoms with Gasteiger partial charge in [0.25, 0.3) is 0 Å². The molecule has 3 rings (SSSR count). The van der Waals surface area contributed by atoms with Crippen molar-refractivity contribution in [2.24, 2.45) is 5.73 Å². The molecule has 204 valence electrons. The number of hydrogen-bond donors (Lipinski definition) is 4. The van der Waals surface area contributed by atoms with Crippen LogP contribution in [-0.2, 0) is 25.7 Å². The zero-order valence-electron chi connectivity index (χ0n) is 19.9. The second-order valence-electron chi connectivity index (χ2n) is 7.53. The summed E-state index contributed by atoms with van der Waals surface area (Å²) in [6.07, 6.45) is 0.792. The van der Waals surface area contributed by atoms with Crippen molar-refractivity contribution in [3.63, 3.8) is 0 Å². The average Bonchev–Trinajstić information content (AvgIpc) is 3.49. The molecule has 1 atom stereocenters. The third kappa shape index (κ3) is 8.39. The Labute approximate surface area is 212 Å². The lowest BCUT2D eigenvalue weighted by Crippen LogP contribution is -2.35. The first kappa shape index (κ1) is 29.4. The van der Waals surface area contributed by atoms with Gasteiger partial charge in [0.2, 0.25) is 5.91 Å². The van der Waals surface area contributed by atoms with E-state index in [0.29, 0.717) is 16.8 Å². The van der Waals surface area contributed by atoms with Crippen molar-refractivity contribution in [1.82, 2.24) is 14.5 Å². The molecule has 38 heavy (non-hydrogen) atoms. The standard InChI is InChI=1S/C21H23N5O5.C2HF3O2/c1-2-31-19(28)11-17(15-7-10-30-13-15)24-18(27)12-25-8-9-26(21(25)29)16-5-3-14(4-6-16)20(22)23;3-2(4,5)1(6)7/h3-10,13,17H,2,11-12H2,1H3,(H3,22,23)(H,24,27);(H,6,7). The van der Waals surface area contributed by atoms with Gasteiger partial charge >= 0.3 is 23.8 Å². The summed E-state index contributed by atoms with van der Waals surface area (Å²) >= 11 is 0. The van der Waals surface area contributed by atoms with Crippen molar-refractivity contribution in [2.75, 3.05) is 6.61 Å². The number of aromatic nitrogens is 2. The number of nitrogens with one attached hydrogen (secondary N) is 2. The minimum Gasteiger partial charge on any atom is -0.475 e. The zero-order chi connectivity index (χ0) is 28.5. The molecule has 15 heteroatoms. The second-order valence-corrected chi connectivity index (χ2v) is 7.53. The van der Waals surface area contributed by atoms with Crippen molar-refractivity contribution in [3.05, 3.63) is 76.9 Å². The smallest absolute Gasteiger partial charge is 0.475 e. The van der Waals surface area contributed by atoms with Crippen LogP contribution in [0.25, 0.3) is 5.69 Å². The van der Waals surface area contributed by atoms with Crippen LogP contribution in [0.5, 0.6) is 0 Å². The number of carbonyl (C=O) groups excluding carboxylic acids is 2. The molecule has 0 aliphatic heterocycles. The largest absolute Gasteiger partial charge is 0.490 e. The number of alkyl halides is 3. The Kier molecular flexibility index (Phi) is 10.0. The molecule has 0 saturated heterocycles. The summed E-state index contributed by atoms with van der Waals surface area (Å²) < 4.78 is 44.4. The number of ether oxygens (including phenoxy) is 1. The SMILES string of the molecule is CCOC(=O)CC(NC(=O)Cn1ccn(-c2ccc(C(=N)N)cc2)c1=O)c1ccoc1.O=C(O)C(F)(F)F. The highest BCUT2D eigenvalue weighted by Crippen LogP contribution is 2.18. The van der Waals surface area contributed by atoms with Gasteiger partial charge in [-0.3, -0.25) is 24.1 Å². The van der Waals surface area contributed by atoms with Crippen LogP contribution in [0.4, 0.5) is 13.2 Å². The first-order valence-electron chi connectivity index (χ1n) is 10.8. The summed E-state index contributed by atoms with van der Waals surface area (Å²) in [7, 11) is 0. The number of nitrogens with zero attached hydrogens (tertiary/aromatic N) is 2. The Hall–Kier alpha value is -4.82. The number of amides is 1. The van der Waals surface area contributed by atoms with Crippen molar-refractivity contribution >= 4 is 23.7 Å². The van der Waals surface area contributed by atoms with E-state index < -0.39 is 35.8 Å². The lowest BCUT2D eigenvalue weighted by atomic mass is 10.1. The molecule has 2 aromatic heterocycles. The highest BCUT2D eigenvalue weighted by atomic mass is 19.4. The first-order chi connectivity index (χ1) is 17.8. The van der Waals surface area contributed by atoms with Crippen LogP contribution in [0.1, 0.15) is 30.5 Å². The maximum Gasteiger partial charge on any atom is 0.490 e. The Morgan fingerprint density at radius 1 is 1.18 bits per heavy atom. The molecule has 1 unspecified atom stereocenters. The van der Waals surface area contributed by atoms with Crippen LogP contribution in [0, 0.1) is 5.41 Å². The van der Waals surface area contributed by atoms with Gasteiger partial charge in [-0.25, -0.2) is 9.59 Å². The fourth-order valence-corrected chi connectivity index (χ4v) is 3.04. The summed E-state index contributed by atoms with van der Waals surface area (Å²) in [5, 5.41) is 17.3. The van der Waals surface area contributed by atoms with Gasteiger partial charge in [-0.05, 0) is 37.3 Å². The van der Waals surface area contributed by atoms with Crippen LogP contribution >= 0.6 is 0 Å². The number of hydrogen-bond acceptors (Lipinski definition) is 7. The molecule has 5 N–H and O–H groups in total. The third-order valence-corrected chi connectivity index (χ3v) is 4.82. The van der Waals surface area contributed by atoms with Crippen LogP contribution < -0.4 is 16.7 Å². The molecule has 0 spiro atoms. The first-order valence-corrected chi connectivity index (χ1v) is 10.8. The lowest BCUT2D eigenvalue weighted by molar-refractivity contribution is -0.192. The fourth-order valence-electron chi connectivity index (χ4n) is 3.04. The number of carbonyl (C=O) groups is 3. The van der Waals surface area contributed by atoms with Crippen molar-refractivity contribution in [1.29, 1.82) is 5.41 Å². The maximum atomic E-state index is 12.7. The summed E-state index contributed by atoms with van der Waals surface area (Å²) in [6, 6.07) is 7.62. The normalized spacial score (nSPS) is 11.6. The van der Waals surface area contributed by atoms with Gasteiger partial charge < -0.3 is 25.3 Å². The maximum absolute atomic E-state index is 12.7. The second kappa shape index (κ2) is 12.9. The van der Waals surface area contributed by atoms with E-state index in [2.05, 4.69) is 5.32 Å². The molecule has 0 fully saturated rings. The van der Waals surface area contributed by atoms with Gasteiger partial charge in [0.05, 0.1) is 37.3 Å². The number of amidine groups is 1. The van der Waals surface area contributed by atoms with E-state index in [1.54, 1.807) is 43.5 Å². The molecule has 12 nitrogen and oxygen atoms in total. The molecule has 0 radical (unpaired) electrons. The summed E-state index contributed by atoms with van der Waals surface area (Å²) in [4.78, 5) is 46.0. The lowest BCUT2D eigenvalue weighted by Gasteiger charge is -2.16. The monoisotopic (exact) mass is 539 g/mol. The van der Waals surface area contributed by atoms with Gasteiger partial charge in [0, 0.05) is 23.5 Å². The molecule has 0 aliphatic carbocycles. The number of nitrogen functional groups attached to an aromatic ring is 1. The number of benzene rings is 1. The van der Waals surface area contributed by atoms with Gasteiger partial charge in [0.1, 0.15) is 12.4 Å². The average molecular weight is 539 g/mol. The highest BCUT2D eigenvalue weighted by molar-refractivity contribution is 5.95. The molecule has 0 bridgehead atoms. The predicted octanol–water partition coefficient (Wildman–Crippen LogP) is 1.96. The number of aliphatic carboxylic acids is 1. The number of furan rings is 1. The molecule has 0 saturated carbocycles. The molecule has 3 aromatic rings. The fraction of sp³-hybridized carbons (Fsp3) is 0.261. The Balaban J connectivity index is 0.000000638. The highest BCUT2D eigenvalue weighted by Gasteiger charge is 2.38. The molecular formula is C23H24F3N5O7. The van der Waals surface area contributed by atoms with E-state index in [0.717, 1.165) is 0 Å². The number of esters is 1. The topological polar surface area (TPSA) is 183 Å². The van der Waals surface area contributed by atoms with E-state index in [-0.39, 0.29) is 25.4 Å². The molecule has 1 amide bonds. The number of nitrogens with two attached hydrogens (primary N) is 1. The Bertz CT molecular complexity index is 1310. The van der Waals surface area contributed by atoms with Crippen molar-refractivity contribution in [3.8, 4) is 5.69 Å².